The molecule has 0 bridgehead atoms. The van der Waals surface area contributed by atoms with Crippen molar-refractivity contribution in [1.29, 1.82) is 0 Å². The molecule has 0 heterocycles. The summed E-state index contributed by atoms with van der Waals surface area (Å²) in [7, 11) is 1.99. The normalized spacial score (nSPS) is 10.1. The molecule has 0 aliphatic carbocycles. The molecule has 1 aromatic carbocycles. The summed E-state index contributed by atoms with van der Waals surface area (Å²) in [6.45, 7) is 8.43. The van der Waals surface area contributed by atoms with Crippen LogP contribution in [0.1, 0.15) is 38.8 Å². The maximum Gasteiger partial charge on any atom is 0.0681 e. The van der Waals surface area contributed by atoms with Crippen LogP contribution in [0.4, 0.5) is 11.4 Å². The van der Waals surface area contributed by atoms with Gasteiger partial charge in [-0.25, -0.2) is 0 Å². The molecule has 0 atom stereocenters. The Kier molecular flexibility index (Phi) is 4.53. The molecule has 0 aliphatic heterocycles. The average molecular weight is 218 g/mol. The molecule has 0 unspecified atom stereocenters. The molecular formula is C14H22N2. The quantitative estimate of drug-likeness (QED) is 0.760. The van der Waals surface area contributed by atoms with Gasteiger partial charge in [0.15, 0.2) is 0 Å². The highest BCUT2D eigenvalue weighted by atomic mass is 14.8. The van der Waals surface area contributed by atoms with Crippen LogP contribution in [0.5, 0.6) is 0 Å². The minimum absolute atomic E-state index is 1.01. The molecule has 2 heteroatoms. The van der Waals surface area contributed by atoms with Crippen molar-refractivity contribution in [2.75, 3.05) is 12.4 Å². The summed E-state index contributed by atoms with van der Waals surface area (Å²) in [5, 5.41) is 3.31. The van der Waals surface area contributed by atoms with Crippen LogP contribution in [0.25, 0.3) is 0 Å². The fourth-order valence-corrected chi connectivity index (χ4v) is 1.99. The van der Waals surface area contributed by atoms with Gasteiger partial charge in [0.05, 0.1) is 5.69 Å². The van der Waals surface area contributed by atoms with Crippen molar-refractivity contribution in [2.24, 2.45) is 4.99 Å². The standard InChI is InChI=1S/C14H22N2/c1-6-11-8-9-13(16-10(3)4)12(7-2)14(11)15-5/h8-9,15H,6-7H2,1-5H3. The molecule has 0 spiro atoms. The zero-order valence-electron chi connectivity index (χ0n) is 11.0. The number of aryl methyl sites for hydroxylation is 1. The Balaban J connectivity index is 3.37. The van der Waals surface area contributed by atoms with E-state index in [9.17, 15) is 0 Å². The maximum absolute atomic E-state index is 4.59. The highest BCUT2D eigenvalue weighted by Crippen LogP contribution is 2.31. The summed E-state index contributed by atoms with van der Waals surface area (Å²) in [5.74, 6) is 0. The molecule has 2 nitrogen and oxygen atoms in total. The first-order valence-corrected chi connectivity index (χ1v) is 5.98. The van der Waals surface area contributed by atoms with Gasteiger partial charge in [0.1, 0.15) is 0 Å². The Bertz CT molecular complexity index is 388. The fourth-order valence-electron chi connectivity index (χ4n) is 1.99. The molecule has 88 valence electrons. The van der Waals surface area contributed by atoms with E-state index >= 15 is 0 Å². The van der Waals surface area contributed by atoms with Gasteiger partial charge in [-0.2, -0.15) is 0 Å². The van der Waals surface area contributed by atoms with Gasteiger partial charge >= 0.3 is 0 Å². The lowest BCUT2D eigenvalue weighted by Crippen LogP contribution is -2.00. The zero-order valence-corrected chi connectivity index (χ0v) is 11.0. The molecule has 1 N–H and O–H groups in total. The number of aliphatic imine (C=N–C) groups is 1. The van der Waals surface area contributed by atoms with Crippen LogP contribution in [-0.2, 0) is 12.8 Å². The van der Waals surface area contributed by atoms with Gasteiger partial charge in [0.25, 0.3) is 0 Å². The number of rotatable bonds is 4. The first kappa shape index (κ1) is 12.8. The SMILES string of the molecule is CCc1ccc(N=C(C)C)c(CC)c1NC. The minimum Gasteiger partial charge on any atom is -0.388 e. The van der Waals surface area contributed by atoms with Crippen LogP contribution in [0.15, 0.2) is 17.1 Å². The topological polar surface area (TPSA) is 24.4 Å². The second kappa shape index (κ2) is 5.69. The smallest absolute Gasteiger partial charge is 0.0681 e. The van der Waals surface area contributed by atoms with Gasteiger partial charge < -0.3 is 5.32 Å². The molecular weight excluding hydrogens is 196 g/mol. The van der Waals surface area contributed by atoms with E-state index in [0.29, 0.717) is 0 Å². The van der Waals surface area contributed by atoms with E-state index in [1.54, 1.807) is 0 Å². The summed E-state index contributed by atoms with van der Waals surface area (Å²) in [6, 6.07) is 4.30. The van der Waals surface area contributed by atoms with Crippen molar-refractivity contribution in [3.8, 4) is 0 Å². The fraction of sp³-hybridized carbons (Fsp3) is 0.500. The van der Waals surface area contributed by atoms with Crippen LogP contribution in [0.2, 0.25) is 0 Å². The lowest BCUT2D eigenvalue weighted by Gasteiger charge is -2.15. The molecule has 0 aromatic heterocycles. The third-order valence-electron chi connectivity index (χ3n) is 2.70. The molecule has 0 amide bonds. The highest BCUT2D eigenvalue weighted by molar-refractivity contribution is 5.83. The Morgan fingerprint density at radius 2 is 1.88 bits per heavy atom. The molecule has 16 heavy (non-hydrogen) atoms. The number of anilines is 1. The molecule has 0 fully saturated rings. The summed E-state index contributed by atoms with van der Waals surface area (Å²) >= 11 is 0. The predicted molar refractivity (Wildman–Crippen MR) is 73.2 cm³/mol. The van der Waals surface area contributed by atoms with Crippen molar-refractivity contribution < 1.29 is 0 Å². The molecule has 1 rings (SSSR count). The lowest BCUT2D eigenvalue weighted by molar-refractivity contribution is 1.08. The van der Waals surface area contributed by atoms with Gasteiger partial charge in [-0.15, -0.1) is 0 Å². The molecule has 0 radical (unpaired) electrons. The van der Waals surface area contributed by atoms with Crippen LogP contribution in [0, 0.1) is 0 Å². The van der Waals surface area contributed by atoms with E-state index in [1.807, 2.05) is 20.9 Å². The average Bonchev–Trinajstić information content (AvgIpc) is 2.27. The second-order valence-corrected chi connectivity index (χ2v) is 4.11. The highest BCUT2D eigenvalue weighted by Gasteiger charge is 2.09. The van der Waals surface area contributed by atoms with Crippen molar-refractivity contribution in [2.45, 2.75) is 40.5 Å². The predicted octanol–water partition coefficient (Wildman–Crippen LogP) is 3.97. The summed E-state index contributed by atoms with van der Waals surface area (Å²) in [4.78, 5) is 4.59. The van der Waals surface area contributed by atoms with E-state index in [0.717, 1.165) is 24.2 Å². The van der Waals surface area contributed by atoms with E-state index in [1.165, 1.54) is 16.8 Å². The van der Waals surface area contributed by atoms with Crippen LogP contribution in [0.3, 0.4) is 0 Å². The van der Waals surface area contributed by atoms with Crippen molar-refractivity contribution in [1.82, 2.24) is 0 Å². The Morgan fingerprint density at radius 1 is 1.19 bits per heavy atom. The van der Waals surface area contributed by atoms with Crippen molar-refractivity contribution in [3.63, 3.8) is 0 Å². The third kappa shape index (κ3) is 2.63. The van der Waals surface area contributed by atoms with Crippen LogP contribution >= 0.6 is 0 Å². The lowest BCUT2D eigenvalue weighted by atomic mass is 10.0. The number of hydrogen-bond donors (Lipinski definition) is 1. The third-order valence-corrected chi connectivity index (χ3v) is 2.70. The maximum atomic E-state index is 4.59. The second-order valence-electron chi connectivity index (χ2n) is 4.11. The first-order valence-electron chi connectivity index (χ1n) is 5.98. The molecule has 0 aliphatic rings. The van der Waals surface area contributed by atoms with Crippen LogP contribution in [-0.4, -0.2) is 12.8 Å². The summed E-state index contributed by atoms with van der Waals surface area (Å²) in [6.07, 6.45) is 2.06. The summed E-state index contributed by atoms with van der Waals surface area (Å²) < 4.78 is 0. The Hall–Kier alpha value is -1.31. The van der Waals surface area contributed by atoms with Gasteiger partial charge in [-0.1, -0.05) is 19.9 Å². The Morgan fingerprint density at radius 3 is 2.31 bits per heavy atom. The van der Waals surface area contributed by atoms with Gasteiger partial charge in [-0.05, 0) is 38.3 Å². The number of hydrogen-bond acceptors (Lipinski definition) is 2. The van der Waals surface area contributed by atoms with E-state index in [-0.39, 0.29) is 0 Å². The molecule has 0 saturated heterocycles. The molecule has 0 saturated carbocycles. The number of nitrogens with one attached hydrogen (secondary N) is 1. The Labute approximate surface area is 98.8 Å². The van der Waals surface area contributed by atoms with E-state index < -0.39 is 0 Å². The largest absolute Gasteiger partial charge is 0.388 e. The number of benzene rings is 1. The van der Waals surface area contributed by atoms with E-state index in [4.69, 9.17) is 0 Å². The minimum atomic E-state index is 1.01. The first-order chi connectivity index (χ1) is 7.63. The monoisotopic (exact) mass is 218 g/mol. The number of nitrogens with zero attached hydrogens (tertiary/aromatic N) is 1. The zero-order chi connectivity index (χ0) is 12.1. The summed E-state index contributed by atoms with van der Waals surface area (Å²) in [5.41, 5.74) is 6.15. The molecule has 1 aromatic rings. The van der Waals surface area contributed by atoms with E-state index in [2.05, 4.69) is 36.3 Å². The van der Waals surface area contributed by atoms with Crippen LogP contribution < -0.4 is 5.32 Å². The van der Waals surface area contributed by atoms with Crippen molar-refractivity contribution in [3.05, 3.63) is 23.3 Å². The van der Waals surface area contributed by atoms with Gasteiger partial charge in [-0.3, -0.25) is 4.99 Å². The van der Waals surface area contributed by atoms with Gasteiger partial charge in [0, 0.05) is 24.0 Å². The van der Waals surface area contributed by atoms with Crippen molar-refractivity contribution >= 4 is 17.1 Å². The van der Waals surface area contributed by atoms with Gasteiger partial charge in [0.2, 0.25) is 0 Å².